The molecular weight excluding hydrogens is 256 g/mol. The van der Waals surface area contributed by atoms with Crippen molar-refractivity contribution in [3.8, 4) is 6.07 Å². The third-order valence-electron chi connectivity index (χ3n) is 2.79. The van der Waals surface area contributed by atoms with E-state index in [9.17, 15) is 10.1 Å². The Bertz CT molecular complexity index is 675. The van der Waals surface area contributed by atoms with Crippen LogP contribution in [0.3, 0.4) is 0 Å². The first-order valence-corrected chi connectivity index (χ1v) is 5.87. The molecule has 0 spiro atoms. The number of benzene rings is 2. The van der Waals surface area contributed by atoms with Gasteiger partial charge in [-0.25, -0.2) is 0 Å². The van der Waals surface area contributed by atoms with Gasteiger partial charge >= 0.3 is 0 Å². The van der Waals surface area contributed by atoms with Crippen molar-refractivity contribution in [1.82, 2.24) is 0 Å². The number of nitro groups is 1. The van der Waals surface area contributed by atoms with Gasteiger partial charge in [0.25, 0.3) is 5.69 Å². The number of nitro benzene ring substituents is 1. The van der Waals surface area contributed by atoms with E-state index in [1.165, 1.54) is 18.2 Å². The summed E-state index contributed by atoms with van der Waals surface area (Å²) < 4.78 is 0. The molecule has 0 bridgehead atoms. The van der Waals surface area contributed by atoms with Crippen molar-refractivity contribution in [3.63, 3.8) is 0 Å². The van der Waals surface area contributed by atoms with E-state index >= 15 is 0 Å². The number of hydrogen-bond donors (Lipinski definition) is 2. The van der Waals surface area contributed by atoms with Gasteiger partial charge < -0.3 is 11.1 Å². The summed E-state index contributed by atoms with van der Waals surface area (Å²) in [5.41, 5.74) is 7.83. The second-order valence-corrected chi connectivity index (χ2v) is 4.20. The van der Waals surface area contributed by atoms with E-state index in [4.69, 9.17) is 11.0 Å². The Balaban J connectivity index is 2.21. The lowest BCUT2D eigenvalue weighted by atomic mass is 10.1. The molecule has 0 aliphatic carbocycles. The van der Waals surface area contributed by atoms with Gasteiger partial charge in [-0.15, -0.1) is 0 Å². The Labute approximate surface area is 115 Å². The van der Waals surface area contributed by atoms with Crippen LogP contribution >= 0.6 is 0 Å². The maximum absolute atomic E-state index is 10.9. The van der Waals surface area contributed by atoms with E-state index in [0.717, 1.165) is 5.56 Å². The highest BCUT2D eigenvalue weighted by Crippen LogP contribution is 2.25. The molecular formula is C14H12N4O2. The molecule has 0 atom stereocenters. The standard InChI is InChI=1S/C14H12N4O2/c15-8-11-3-6-14(18(19)20)13(7-11)17-9-10-1-4-12(16)5-2-10/h1-7,17H,9,16H2. The summed E-state index contributed by atoms with van der Waals surface area (Å²) >= 11 is 0. The fraction of sp³-hybridized carbons (Fsp3) is 0.0714. The molecule has 0 aliphatic rings. The highest BCUT2D eigenvalue weighted by Gasteiger charge is 2.13. The predicted octanol–water partition coefficient (Wildman–Crippen LogP) is 2.66. The highest BCUT2D eigenvalue weighted by atomic mass is 16.6. The normalized spacial score (nSPS) is 9.75. The van der Waals surface area contributed by atoms with Crippen molar-refractivity contribution >= 4 is 17.1 Å². The van der Waals surface area contributed by atoms with E-state index < -0.39 is 4.92 Å². The summed E-state index contributed by atoms with van der Waals surface area (Å²) in [5.74, 6) is 0. The Morgan fingerprint density at radius 1 is 1.25 bits per heavy atom. The quantitative estimate of drug-likeness (QED) is 0.504. The molecule has 100 valence electrons. The Hall–Kier alpha value is -3.07. The van der Waals surface area contributed by atoms with E-state index in [1.54, 1.807) is 12.1 Å². The van der Waals surface area contributed by atoms with Crippen LogP contribution in [0.2, 0.25) is 0 Å². The van der Waals surface area contributed by atoms with Crippen LogP contribution < -0.4 is 11.1 Å². The number of hydrogen-bond acceptors (Lipinski definition) is 5. The fourth-order valence-electron chi connectivity index (χ4n) is 1.74. The molecule has 6 heteroatoms. The third kappa shape index (κ3) is 3.03. The molecule has 0 unspecified atom stereocenters. The zero-order chi connectivity index (χ0) is 14.5. The van der Waals surface area contributed by atoms with Crippen LogP contribution in [0.5, 0.6) is 0 Å². The molecule has 2 aromatic rings. The minimum Gasteiger partial charge on any atom is -0.399 e. The first-order chi connectivity index (χ1) is 9.60. The Kier molecular flexibility index (Phi) is 3.82. The number of nitrogens with one attached hydrogen (secondary N) is 1. The smallest absolute Gasteiger partial charge is 0.292 e. The van der Waals surface area contributed by atoms with Crippen LogP contribution in [0, 0.1) is 21.4 Å². The molecule has 0 radical (unpaired) electrons. The number of rotatable bonds is 4. The van der Waals surface area contributed by atoms with Crippen LogP contribution in [0.15, 0.2) is 42.5 Å². The van der Waals surface area contributed by atoms with E-state index in [1.807, 2.05) is 18.2 Å². The molecule has 0 heterocycles. The molecule has 3 N–H and O–H groups in total. The van der Waals surface area contributed by atoms with Gasteiger partial charge in [0.05, 0.1) is 16.6 Å². The zero-order valence-corrected chi connectivity index (χ0v) is 10.5. The van der Waals surface area contributed by atoms with Crippen molar-refractivity contribution in [1.29, 1.82) is 5.26 Å². The first-order valence-electron chi connectivity index (χ1n) is 5.87. The lowest BCUT2D eigenvalue weighted by Crippen LogP contribution is -2.03. The SMILES string of the molecule is N#Cc1ccc([N+](=O)[O-])c(NCc2ccc(N)cc2)c1. The molecule has 0 saturated heterocycles. The van der Waals surface area contributed by atoms with Crippen LogP contribution in [-0.2, 0) is 6.54 Å². The van der Waals surface area contributed by atoms with Crippen molar-refractivity contribution in [2.75, 3.05) is 11.1 Å². The van der Waals surface area contributed by atoms with Crippen LogP contribution in [0.25, 0.3) is 0 Å². The average Bonchev–Trinajstić information content (AvgIpc) is 2.46. The minimum atomic E-state index is -0.480. The van der Waals surface area contributed by atoms with Gasteiger partial charge in [-0.3, -0.25) is 10.1 Å². The summed E-state index contributed by atoms with van der Waals surface area (Å²) in [6.45, 7) is 0.413. The van der Waals surface area contributed by atoms with Crippen molar-refractivity contribution < 1.29 is 4.92 Å². The summed E-state index contributed by atoms with van der Waals surface area (Å²) in [7, 11) is 0. The van der Waals surface area contributed by atoms with Gasteiger partial charge in [0.1, 0.15) is 5.69 Å². The molecule has 6 nitrogen and oxygen atoms in total. The van der Waals surface area contributed by atoms with Crippen LogP contribution in [0.4, 0.5) is 17.1 Å². The number of anilines is 2. The molecule has 0 aliphatic heterocycles. The highest BCUT2D eigenvalue weighted by molar-refractivity contribution is 5.64. The molecule has 0 fully saturated rings. The number of nitriles is 1. The maximum Gasteiger partial charge on any atom is 0.292 e. The van der Waals surface area contributed by atoms with Crippen LogP contribution in [-0.4, -0.2) is 4.92 Å². The van der Waals surface area contributed by atoms with Crippen molar-refractivity contribution in [2.45, 2.75) is 6.54 Å². The summed E-state index contributed by atoms with van der Waals surface area (Å²) in [6, 6.07) is 13.4. The third-order valence-corrected chi connectivity index (χ3v) is 2.79. The molecule has 20 heavy (non-hydrogen) atoms. The van der Waals surface area contributed by atoms with Gasteiger partial charge in [-0.2, -0.15) is 5.26 Å². The van der Waals surface area contributed by atoms with Crippen molar-refractivity contribution in [3.05, 3.63) is 63.7 Å². The second-order valence-electron chi connectivity index (χ2n) is 4.20. The van der Waals surface area contributed by atoms with Gasteiger partial charge in [-0.1, -0.05) is 12.1 Å². The van der Waals surface area contributed by atoms with E-state index in [0.29, 0.717) is 23.5 Å². The zero-order valence-electron chi connectivity index (χ0n) is 10.5. The van der Waals surface area contributed by atoms with E-state index in [-0.39, 0.29) is 5.69 Å². The van der Waals surface area contributed by atoms with Gasteiger partial charge in [0.2, 0.25) is 0 Å². The molecule has 0 amide bonds. The monoisotopic (exact) mass is 268 g/mol. The first kappa shape index (κ1) is 13.4. The largest absolute Gasteiger partial charge is 0.399 e. The second kappa shape index (κ2) is 5.71. The molecule has 0 aromatic heterocycles. The number of nitrogens with two attached hydrogens (primary N) is 1. The topological polar surface area (TPSA) is 105 Å². The summed E-state index contributed by atoms with van der Waals surface area (Å²) in [6.07, 6.45) is 0. The van der Waals surface area contributed by atoms with Gasteiger partial charge in [0.15, 0.2) is 0 Å². The lowest BCUT2D eigenvalue weighted by Gasteiger charge is -2.08. The Morgan fingerprint density at radius 3 is 2.55 bits per heavy atom. The van der Waals surface area contributed by atoms with Crippen LogP contribution in [0.1, 0.15) is 11.1 Å². The number of nitrogen functional groups attached to an aromatic ring is 1. The van der Waals surface area contributed by atoms with Gasteiger partial charge in [0, 0.05) is 18.3 Å². The average molecular weight is 268 g/mol. The van der Waals surface area contributed by atoms with Gasteiger partial charge in [-0.05, 0) is 29.8 Å². The summed E-state index contributed by atoms with van der Waals surface area (Å²) in [5, 5.41) is 22.8. The predicted molar refractivity (Wildman–Crippen MR) is 76.0 cm³/mol. The lowest BCUT2D eigenvalue weighted by molar-refractivity contribution is -0.384. The molecule has 2 aromatic carbocycles. The number of nitrogens with zero attached hydrogens (tertiary/aromatic N) is 2. The van der Waals surface area contributed by atoms with E-state index in [2.05, 4.69) is 5.32 Å². The Morgan fingerprint density at radius 2 is 1.95 bits per heavy atom. The fourth-order valence-corrected chi connectivity index (χ4v) is 1.74. The maximum atomic E-state index is 10.9. The summed E-state index contributed by atoms with van der Waals surface area (Å²) in [4.78, 5) is 10.5. The van der Waals surface area contributed by atoms with Crippen molar-refractivity contribution in [2.24, 2.45) is 0 Å². The molecule has 2 rings (SSSR count). The minimum absolute atomic E-state index is 0.0561. The molecule has 0 saturated carbocycles.